The quantitative estimate of drug-likeness (QED) is 0.713. The first-order valence-corrected chi connectivity index (χ1v) is 6.14. The molecule has 0 amide bonds. The summed E-state index contributed by atoms with van der Waals surface area (Å²) < 4.78 is 0. The first-order chi connectivity index (χ1) is 7.47. The van der Waals surface area contributed by atoms with Crippen molar-refractivity contribution in [3.8, 4) is 0 Å². The van der Waals surface area contributed by atoms with Gasteiger partial charge in [-0.1, -0.05) is 32.1 Å². The third-order valence-electron chi connectivity index (χ3n) is 3.54. The van der Waals surface area contributed by atoms with Crippen molar-refractivity contribution in [3.05, 3.63) is 34.9 Å². The molecular formula is C15H24O. The van der Waals surface area contributed by atoms with Gasteiger partial charge in [-0.25, -0.2) is 0 Å². The van der Waals surface area contributed by atoms with Crippen molar-refractivity contribution >= 4 is 0 Å². The van der Waals surface area contributed by atoms with Gasteiger partial charge in [-0.05, 0) is 55.2 Å². The summed E-state index contributed by atoms with van der Waals surface area (Å²) in [6.07, 6.45) is 10.3. The fourth-order valence-corrected chi connectivity index (χ4v) is 2.12. The molecule has 0 spiro atoms. The van der Waals surface area contributed by atoms with Gasteiger partial charge in [0.05, 0.1) is 6.61 Å². The third-order valence-corrected chi connectivity index (χ3v) is 3.54. The van der Waals surface area contributed by atoms with E-state index in [4.69, 9.17) is 5.11 Å². The fraction of sp³-hybridized carbons (Fsp3) is 0.600. The molecule has 1 aliphatic carbocycles. The second-order valence-electron chi connectivity index (χ2n) is 5.33. The van der Waals surface area contributed by atoms with Crippen molar-refractivity contribution in [1.29, 1.82) is 0 Å². The molecule has 1 rings (SSSR count). The van der Waals surface area contributed by atoms with Gasteiger partial charge in [0.15, 0.2) is 0 Å². The molecule has 0 saturated heterocycles. The molecule has 1 nitrogen and oxygen atoms in total. The number of aliphatic hydroxyl groups excluding tert-OH is 1. The Hall–Kier alpha value is -0.820. The highest BCUT2D eigenvalue weighted by molar-refractivity contribution is 5.37. The van der Waals surface area contributed by atoms with E-state index in [1.165, 1.54) is 36.0 Å². The summed E-state index contributed by atoms with van der Waals surface area (Å²) in [5.41, 5.74) is 4.18. The summed E-state index contributed by atoms with van der Waals surface area (Å²) in [6, 6.07) is 0. The normalized spacial score (nSPS) is 21.9. The smallest absolute Gasteiger partial charge is 0.0618 e. The van der Waals surface area contributed by atoms with Crippen LogP contribution in [0.25, 0.3) is 0 Å². The molecule has 90 valence electrons. The van der Waals surface area contributed by atoms with Crippen LogP contribution >= 0.6 is 0 Å². The Balaban J connectivity index is 2.90. The Labute approximate surface area is 99.6 Å². The Morgan fingerprint density at radius 1 is 1.38 bits per heavy atom. The van der Waals surface area contributed by atoms with Gasteiger partial charge in [0.1, 0.15) is 0 Å². The molecule has 1 heteroatoms. The molecule has 0 heterocycles. The van der Waals surface area contributed by atoms with Crippen LogP contribution in [-0.4, -0.2) is 11.7 Å². The van der Waals surface area contributed by atoms with Crippen LogP contribution in [0.3, 0.4) is 0 Å². The lowest BCUT2D eigenvalue weighted by atomic mass is 9.75. The molecule has 0 radical (unpaired) electrons. The van der Waals surface area contributed by atoms with Crippen LogP contribution in [0.2, 0.25) is 0 Å². The van der Waals surface area contributed by atoms with E-state index in [9.17, 15) is 0 Å². The first-order valence-electron chi connectivity index (χ1n) is 6.14. The van der Waals surface area contributed by atoms with Gasteiger partial charge in [-0.2, -0.15) is 0 Å². The van der Waals surface area contributed by atoms with Crippen LogP contribution in [0.1, 0.15) is 47.0 Å². The highest BCUT2D eigenvalue weighted by Gasteiger charge is 2.23. The lowest BCUT2D eigenvalue weighted by Crippen LogP contribution is -2.17. The number of rotatable bonds is 3. The number of hydrogen-bond donors (Lipinski definition) is 1. The van der Waals surface area contributed by atoms with Crippen molar-refractivity contribution < 1.29 is 5.11 Å². The molecule has 0 atom stereocenters. The van der Waals surface area contributed by atoms with Crippen molar-refractivity contribution in [2.75, 3.05) is 6.61 Å². The topological polar surface area (TPSA) is 20.2 Å². The molecule has 0 aromatic rings. The predicted molar refractivity (Wildman–Crippen MR) is 70.3 cm³/mol. The zero-order valence-corrected chi connectivity index (χ0v) is 11.0. The highest BCUT2D eigenvalue weighted by Crippen LogP contribution is 2.38. The Bertz CT molecular complexity index is 329. The molecule has 1 N–H and O–H groups in total. The molecule has 0 unspecified atom stereocenters. The SMILES string of the molecule is CC(=C\CO)/C(C)=C/C1=CCCCC1(C)C. The third kappa shape index (κ3) is 3.34. The van der Waals surface area contributed by atoms with Crippen LogP contribution in [0.15, 0.2) is 34.9 Å². The van der Waals surface area contributed by atoms with Crippen molar-refractivity contribution in [1.82, 2.24) is 0 Å². The molecule has 1 aliphatic rings. The van der Waals surface area contributed by atoms with E-state index >= 15 is 0 Å². The number of aliphatic hydroxyl groups is 1. The summed E-state index contributed by atoms with van der Waals surface area (Å²) in [6.45, 7) is 8.92. The zero-order chi connectivity index (χ0) is 12.2. The van der Waals surface area contributed by atoms with Crippen LogP contribution in [-0.2, 0) is 0 Å². The summed E-state index contributed by atoms with van der Waals surface area (Å²) in [4.78, 5) is 0. The van der Waals surface area contributed by atoms with E-state index in [1.54, 1.807) is 0 Å². The standard InChI is InChI=1S/C15H24O/c1-12(8-10-16)13(2)11-14-7-5-6-9-15(14,3)4/h7-8,11,16H,5-6,9-10H2,1-4H3/b12-8+,13-11+. The molecule has 0 fully saturated rings. The minimum absolute atomic E-state index is 0.124. The van der Waals surface area contributed by atoms with Crippen LogP contribution in [0, 0.1) is 5.41 Å². The minimum atomic E-state index is 0.124. The van der Waals surface area contributed by atoms with E-state index in [0.29, 0.717) is 5.41 Å². The summed E-state index contributed by atoms with van der Waals surface area (Å²) in [7, 11) is 0. The summed E-state index contributed by atoms with van der Waals surface area (Å²) in [5, 5.41) is 8.88. The molecule has 0 aromatic carbocycles. The maximum absolute atomic E-state index is 8.88. The van der Waals surface area contributed by atoms with Crippen molar-refractivity contribution in [2.45, 2.75) is 47.0 Å². The van der Waals surface area contributed by atoms with Gasteiger partial charge in [0.2, 0.25) is 0 Å². The molecule has 0 saturated carbocycles. The van der Waals surface area contributed by atoms with Gasteiger partial charge in [-0.3, -0.25) is 0 Å². The van der Waals surface area contributed by atoms with E-state index < -0.39 is 0 Å². The maximum Gasteiger partial charge on any atom is 0.0618 e. The molecule has 16 heavy (non-hydrogen) atoms. The van der Waals surface area contributed by atoms with Gasteiger partial charge < -0.3 is 5.11 Å². The Morgan fingerprint density at radius 3 is 2.62 bits per heavy atom. The zero-order valence-electron chi connectivity index (χ0n) is 11.0. The molecule has 0 aliphatic heterocycles. The summed E-state index contributed by atoms with van der Waals surface area (Å²) in [5.74, 6) is 0. The largest absolute Gasteiger partial charge is 0.392 e. The molecule has 0 aromatic heterocycles. The van der Waals surface area contributed by atoms with Crippen molar-refractivity contribution in [2.24, 2.45) is 5.41 Å². The van der Waals surface area contributed by atoms with Gasteiger partial charge in [0, 0.05) is 0 Å². The van der Waals surface area contributed by atoms with Crippen molar-refractivity contribution in [3.63, 3.8) is 0 Å². The molecular weight excluding hydrogens is 196 g/mol. The predicted octanol–water partition coefficient (Wildman–Crippen LogP) is 4.01. The molecule has 0 bridgehead atoms. The van der Waals surface area contributed by atoms with E-state index in [2.05, 4.69) is 39.8 Å². The van der Waals surface area contributed by atoms with Gasteiger partial charge in [0.25, 0.3) is 0 Å². The van der Waals surface area contributed by atoms with E-state index in [-0.39, 0.29) is 6.61 Å². The van der Waals surface area contributed by atoms with Gasteiger partial charge >= 0.3 is 0 Å². The number of allylic oxidation sites excluding steroid dienone is 5. The minimum Gasteiger partial charge on any atom is -0.392 e. The fourth-order valence-electron chi connectivity index (χ4n) is 2.12. The second kappa shape index (κ2) is 5.49. The Morgan fingerprint density at radius 2 is 2.06 bits per heavy atom. The average molecular weight is 220 g/mol. The van der Waals surface area contributed by atoms with E-state index in [0.717, 1.165) is 0 Å². The lowest BCUT2D eigenvalue weighted by Gasteiger charge is -2.30. The highest BCUT2D eigenvalue weighted by atomic mass is 16.2. The van der Waals surface area contributed by atoms with Crippen LogP contribution in [0.4, 0.5) is 0 Å². The monoisotopic (exact) mass is 220 g/mol. The Kier molecular flexibility index (Phi) is 4.55. The first kappa shape index (κ1) is 13.2. The maximum atomic E-state index is 8.88. The van der Waals surface area contributed by atoms with E-state index in [1.807, 2.05) is 6.08 Å². The average Bonchev–Trinajstić information content (AvgIpc) is 2.21. The number of hydrogen-bond acceptors (Lipinski definition) is 1. The van der Waals surface area contributed by atoms with Crippen LogP contribution < -0.4 is 0 Å². The summed E-state index contributed by atoms with van der Waals surface area (Å²) >= 11 is 0. The lowest BCUT2D eigenvalue weighted by molar-refractivity contribution is 0.342. The van der Waals surface area contributed by atoms with Gasteiger partial charge in [-0.15, -0.1) is 0 Å². The second-order valence-corrected chi connectivity index (χ2v) is 5.33. The van der Waals surface area contributed by atoms with Crippen LogP contribution in [0.5, 0.6) is 0 Å².